The lowest BCUT2D eigenvalue weighted by molar-refractivity contribution is -0.138. The molecule has 84 valence electrons. The summed E-state index contributed by atoms with van der Waals surface area (Å²) in [5.74, 6) is -0.898. The molecule has 0 saturated heterocycles. The quantitative estimate of drug-likeness (QED) is 0.689. The van der Waals surface area contributed by atoms with Crippen molar-refractivity contribution >= 4 is 5.97 Å². The highest BCUT2D eigenvalue weighted by Gasteiger charge is 2.34. The Kier molecular flexibility index (Phi) is 3.13. The predicted molar refractivity (Wildman–Crippen MR) is 45.3 cm³/mol. The van der Waals surface area contributed by atoms with E-state index in [1.165, 1.54) is 6.07 Å². The molecule has 1 aromatic rings. The number of halogens is 3. The van der Waals surface area contributed by atoms with Crippen molar-refractivity contribution in [2.45, 2.75) is 6.18 Å². The van der Waals surface area contributed by atoms with Gasteiger partial charge >= 0.3 is 12.1 Å². The third-order valence-corrected chi connectivity index (χ3v) is 1.72. The minimum absolute atomic E-state index is 0.341. The Morgan fingerprint density at radius 2 is 2.19 bits per heavy atom. The molecule has 0 aliphatic carbocycles. The first-order chi connectivity index (χ1) is 7.40. The van der Waals surface area contributed by atoms with E-state index in [0.29, 0.717) is 6.20 Å². The second-order valence-electron chi connectivity index (χ2n) is 2.72. The van der Waals surface area contributed by atoms with E-state index in [1.807, 2.05) is 0 Å². The van der Waals surface area contributed by atoms with E-state index < -0.39 is 23.3 Å². The normalized spacial score (nSPS) is 10.7. The van der Waals surface area contributed by atoms with Crippen molar-refractivity contribution in [1.82, 2.24) is 4.98 Å². The highest BCUT2D eigenvalue weighted by Crippen LogP contribution is 2.31. The van der Waals surface area contributed by atoms with Crippen LogP contribution in [0, 0.1) is 11.3 Å². The molecule has 0 bridgehead atoms. The third kappa shape index (κ3) is 2.28. The summed E-state index contributed by atoms with van der Waals surface area (Å²) in [4.78, 5) is 14.2. The Morgan fingerprint density at radius 1 is 1.56 bits per heavy atom. The van der Waals surface area contributed by atoms with E-state index in [1.54, 1.807) is 0 Å². The number of aromatic nitrogens is 1. The van der Waals surface area contributed by atoms with Gasteiger partial charge in [0.2, 0.25) is 0 Å². The molecule has 0 spiro atoms. The van der Waals surface area contributed by atoms with Gasteiger partial charge in [0, 0.05) is 6.20 Å². The average molecular weight is 230 g/mol. The lowest BCUT2D eigenvalue weighted by Gasteiger charge is -2.08. The van der Waals surface area contributed by atoms with Gasteiger partial charge < -0.3 is 4.74 Å². The lowest BCUT2D eigenvalue weighted by atomic mass is 10.1. The summed E-state index contributed by atoms with van der Waals surface area (Å²) in [6.07, 6.45) is -4.24. The molecule has 0 fully saturated rings. The van der Waals surface area contributed by atoms with E-state index >= 15 is 0 Å². The fourth-order valence-corrected chi connectivity index (χ4v) is 0.990. The molecule has 0 N–H and O–H groups in total. The van der Waals surface area contributed by atoms with Gasteiger partial charge in [-0.2, -0.15) is 18.4 Å². The second-order valence-corrected chi connectivity index (χ2v) is 2.72. The minimum atomic E-state index is -4.67. The highest BCUT2D eigenvalue weighted by atomic mass is 19.4. The van der Waals surface area contributed by atoms with Gasteiger partial charge in [-0.15, -0.1) is 0 Å². The van der Waals surface area contributed by atoms with Gasteiger partial charge in [0.1, 0.15) is 5.69 Å². The number of pyridine rings is 1. The van der Waals surface area contributed by atoms with Crippen molar-refractivity contribution in [2.24, 2.45) is 0 Å². The maximum absolute atomic E-state index is 12.3. The molecule has 1 rings (SSSR count). The molecule has 1 aromatic heterocycles. The molecular formula is C9H5F3N2O2. The summed E-state index contributed by atoms with van der Waals surface area (Å²) < 4.78 is 41.3. The van der Waals surface area contributed by atoms with Crippen LogP contribution in [0.1, 0.15) is 21.6 Å². The van der Waals surface area contributed by atoms with Gasteiger partial charge in [0.05, 0.1) is 24.3 Å². The topological polar surface area (TPSA) is 63.0 Å². The fraction of sp³-hybridized carbons (Fsp3) is 0.222. The van der Waals surface area contributed by atoms with Crippen molar-refractivity contribution in [3.8, 4) is 6.07 Å². The zero-order valence-electron chi connectivity index (χ0n) is 8.00. The largest absolute Gasteiger partial charge is 0.464 e. The van der Waals surface area contributed by atoms with Crippen LogP contribution in [-0.2, 0) is 10.9 Å². The van der Waals surface area contributed by atoms with Crippen LogP contribution < -0.4 is 0 Å². The average Bonchev–Trinajstić information content (AvgIpc) is 2.25. The fourth-order valence-electron chi connectivity index (χ4n) is 0.990. The maximum atomic E-state index is 12.3. The molecule has 0 aliphatic rings. The van der Waals surface area contributed by atoms with Crippen molar-refractivity contribution in [3.05, 3.63) is 29.1 Å². The summed E-state index contributed by atoms with van der Waals surface area (Å²) in [5.41, 5.74) is -2.18. The molecule has 1 heterocycles. The van der Waals surface area contributed by atoms with Gasteiger partial charge in [0.25, 0.3) is 0 Å². The molecule has 7 heteroatoms. The standard InChI is InChI=1S/C9H5F3N2O2/c1-16-8(15)7-2-5(3-13)6(4-14-7)9(10,11)12/h2,4H,1H3. The SMILES string of the molecule is COC(=O)c1cc(C#N)c(C(F)(F)F)cn1. The van der Waals surface area contributed by atoms with E-state index in [9.17, 15) is 18.0 Å². The van der Waals surface area contributed by atoms with Gasteiger partial charge in [-0.05, 0) is 6.07 Å². The Morgan fingerprint density at radius 3 is 2.62 bits per heavy atom. The lowest BCUT2D eigenvalue weighted by Crippen LogP contribution is -2.12. The zero-order chi connectivity index (χ0) is 12.3. The Balaban J connectivity index is 3.29. The summed E-state index contributed by atoms with van der Waals surface area (Å²) >= 11 is 0. The Hall–Kier alpha value is -2.10. The summed E-state index contributed by atoms with van der Waals surface area (Å²) in [6.45, 7) is 0. The number of carbonyl (C=O) groups is 1. The number of carbonyl (C=O) groups excluding carboxylic acids is 1. The van der Waals surface area contributed by atoms with Crippen LogP contribution >= 0.6 is 0 Å². The summed E-state index contributed by atoms with van der Waals surface area (Å²) in [5, 5.41) is 8.53. The molecule has 0 saturated carbocycles. The monoisotopic (exact) mass is 230 g/mol. The third-order valence-electron chi connectivity index (χ3n) is 1.72. The maximum Gasteiger partial charge on any atom is 0.419 e. The molecule has 0 atom stereocenters. The van der Waals surface area contributed by atoms with Crippen molar-refractivity contribution in [3.63, 3.8) is 0 Å². The molecular weight excluding hydrogens is 225 g/mol. The molecule has 0 unspecified atom stereocenters. The van der Waals surface area contributed by atoms with E-state index in [0.717, 1.165) is 13.2 Å². The predicted octanol–water partition coefficient (Wildman–Crippen LogP) is 1.76. The first kappa shape index (κ1) is 12.0. The second kappa shape index (κ2) is 4.18. The van der Waals surface area contributed by atoms with E-state index in [4.69, 9.17) is 5.26 Å². The van der Waals surface area contributed by atoms with Crippen LogP contribution in [0.25, 0.3) is 0 Å². The molecule has 0 amide bonds. The number of esters is 1. The number of ether oxygens (including phenoxy) is 1. The minimum Gasteiger partial charge on any atom is -0.464 e. The number of rotatable bonds is 1. The van der Waals surface area contributed by atoms with Gasteiger partial charge in [-0.25, -0.2) is 9.78 Å². The zero-order valence-corrected chi connectivity index (χ0v) is 8.00. The summed E-state index contributed by atoms with van der Waals surface area (Å²) in [6, 6.07) is 2.10. The Bertz CT molecular complexity index is 463. The highest BCUT2D eigenvalue weighted by molar-refractivity contribution is 5.87. The first-order valence-corrected chi connectivity index (χ1v) is 3.95. The van der Waals surface area contributed by atoms with E-state index in [2.05, 4.69) is 9.72 Å². The van der Waals surface area contributed by atoms with Crippen LogP contribution in [0.15, 0.2) is 12.3 Å². The van der Waals surface area contributed by atoms with Crippen LogP contribution in [-0.4, -0.2) is 18.1 Å². The van der Waals surface area contributed by atoms with Gasteiger partial charge in [-0.3, -0.25) is 0 Å². The number of hydrogen-bond donors (Lipinski definition) is 0. The number of nitrogens with zero attached hydrogens (tertiary/aromatic N) is 2. The first-order valence-electron chi connectivity index (χ1n) is 3.95. The molecule has 0 aromatic carbocycles. The number of methoxy groups -OCH3 is 1. The van der Waals surface area contributed by atoms with Crippen LogP contribution in [0.4, 0.5) is 13.2 Å². The molecule has 16 heavy (non-hydrogen) atoms. The number of alkyl halides is 3. The van der Waals surface area contributed by atoms with Crippen LogP contribution in [0.5, 0.6) is 0 Å². The molecule has 4 nitrogen and oxygen atoms in total. The van der Waals surface area contributed by atoms with Crippen molar-refractivity contribution in [1.29, 1.82) is 5.26 Å². The summed E-state index contributed by atoms with van der Waals surface area (Å²) in [7, 11) is 1.06. The van der Waals surface area contributed by atoms with Crippen molar-refractivity contribution < 1.29 is 22.7 Å². The van der Waals surface area contributed by atoms with Crippen molar-refractivity contribution in [2.75, 3.05) is 7.11 Å². The number of hydrogen-bond acceptors (Lipinski definition) is 4. The van der Waals surface area contributed by atoms with Gasteiger partial charge in [-0.1, -0.05) is 0 Å². The van der Waals surface area contributed by atoms with Crippen LogP contribution in [0.2, 0.25) is 0 Å². The smallest absolute Gasteiger partial charge is 0.419 e. The Labute approximate surface area is 88.3 Å². The number of nitriles is 1. The van der Waals surface area contributed by atoms with Gasteiger partial charge in [0.15, 0.2) is 0 Å². The van der Waals surface area contributed by atoms with E-state index in [-0.39, 0.29) is 5.69 Å². The molecule has 0 radical (unpaired) electrons. The van der Waals surface area contributed by atoms with Crippen LogP contribution in [0.3, 0.4) is 0 Å². The molecule has 0 aliphatic heterocycles.